The molecule has 4 heteroatoms. The van der Waals surface area contributed by atoms with Gasteiger partial charge >= 0.3 is 0 Å². The van der Waals surface area contributed by atoms with Crippen molar-refractivity contribution in [2.45, 2.75) is 38.6 Å². The molecule has 2 N–H and O–H groups in total. The molecule has 0 atom stereocenters. The highest BCUT2D eigenvalue weighted by Crippen LogP contribution is 2.40. The van der Waals surface area contributed by atoms with Gasteiger partial charge in [-0.2, -0.15) is 5.10 Å². The van der Waals surface area contributed by atoms with E-state index in [1.54, 1.807) is 24.3 Å². The number of aromatic nitrogens is 2. The first-order chi connectivity index (χ1) is 12.2. The summed E-state index contributed by atoms with van der Waals surface area (Å²) in [5.74, 6) is 0.536. The van der Waals surface area contributed by atoms with Crippen molar-refractivity contribution in [1.82, 2.24) is 9.78 Å². The normalized spacial score (nSPS) is 14.4. The zero-order chi connectivity index (χ0) is 17.4. The van der Waals surface area contributed by atoms with Crippen molar-refractivity contribution in [2.75, 3.05) is 0 Å². The summed E-state index contributed by atoms with van der Waals surface area (Å²) in [4.78, 5) is 0. The van der Waals surface area contributed by atoms with Crippen molar-refractivity contribution in [3.05, 3.63) is 54.1 Å². The molecule has 128 valence electrons. The Morgan fingerprint density at radius 1 is 0.920 bits per heavy atom. The number of rotatable bonds is 4. The van der Waals surface area contributed by atoms with E-state index in [0.29, 0.717) is 6.04 Å². The van der Waals surface area contributed by atoms with E-state index >= 15 is 0 Å². The minimum Gasteiger partial charge on any atom is -0.508 e. The summed E-state index contributed by atoms with van der Waals surface area (Å²) in [5.41, 5.74) is 5.45. The Bertz CT molecular complexity index is 876. The van der Waals surface area contributed by atoms with Gasteiger partial charge in [-0.05, 0) is 74.2 Å². The molecule has 1 fully saturated rings. The quantitative estimate of drug-likeness (QED) is 0.712. The Hall–Kier alpha value is -2.75. The van der Waals surface area contributed by atoms with Crippen molar-refractivity contribution < 1.29 is 10.2 Å². The topological polar surface area (TPSA) is 58.3 Å². The Labute approximate surface area is 147 Å². The SMILES string of the molecule is CCc1c(-c2ccc(O)cc2)nn(C2CCC2)c1-c1ccc(O)cc1. The summed E-state index contributed by atoms with van der Waals surface area (Å²) in [5, 5.41) is 24.2. The van der Waals surface area contributed by atoms with Crippen LogP contribution in [0.15, 0.2) is 48.5 Å². The van der Waals surface area contributed by atoms with Crippen LogP contribution >= 0.6 is 0 Å². The highest BCUT2D eigenvalue weighted by Gasteiger charge is 2.27. The van der Waals surface area contributed by atoms with Crippen LogP contribution in [0, 0.1) is 0 Å². The average Bonchev–Trinajstić information content (AvgIpc) is 2.94. The summed E-state index contributed by atoms with van der Waals surface area (Å²) in [6.07, 6.45) is 4.44. The van der Waals surface area contributed by atoms with E-state index in [-0.39, 0.29) is 11.5 Å². The highest BCUT2D eigenvalue weighted by atomic mass is 16.3. The molecule has 1 aromatic heterocycles. The lowest BCUT2D eigenvalue weighted by Crippen LogP contribution is -2.19. The predicted molar refractivity (Wildman–Crippen MR) is 98.7 cm³/mol. The molecule has 0 unspecified atom stereocenters. The van der Waals surface area contributed by atoms with Crippen molar-refractivity contribution in [3.63, 3.8) is 0 Å². The van der Waals surface area contributed by atoms with Gasteiger partial charge in [-0.3, -0.25) is 4.68 Å². The summed E-state index contributed by atoms with van der Waals surface area (Å²) in [6.45, 7) is 2.15. The lowest BCUT2D eigenvalue weighted by Gasteiger charge is -2.28. The molecule has 0 radical (unpaired) electrons. The van der Waals surface area contributed by atoms with Gasteiger partial charge in [0, 0.05) is 16.7 Å². The van der Waals surface area contributed by atoms with E-state index in [1.165, 1.54) is 12.0 Å². The fraction of sp³-hybridized carbons (Fsp3) is 0.286. The fourth-order valence-corrected chi connectivity index (χ4v) is 3.48. The summed E-state index contributed by atoms with van der Waals surface area (Å²) < 4.78 is 2.18. The molecule has 0 aliphatic heterocycles. The second-order valence-corrected chi connectivity index (χ2v) is 6.65. The Kier molecular flexibility index (Phi) is 3.96. The largest absolute Gasteiger partial charge is 0.508 e. The molecule has 0 spiro atoms. The first-order valence-electron chi connectivity index (χ1n) is 8.87. The van der Waals surface area contributed by atoms with Gasteiger partial charge in [0.15, 0.2) is 0 Å². The van der Waals surface area contributed by atoms with Crippen LogP contribution in [0.25, 0.3) is 22.5 Å². The number of benzene rings is 2. The average molecular weight is 334 g/mol. The molecule has 4 rings (SSSR count). The van der Waals surface area contributed by atoms with E-state index in [2.05, 4.69) is 11.6 Å². The fourth-order valence-electron chi connectivity index (χ4n) is 3.48. The number of nitrogens with zero attached hydrogens (tertiary/aromatic N) is 2. The predicted octanol–water partition coefficient (Wildman–Crippen LogP) is 4.92. The van der Waals surface area contributed by atoms with Crippen LogP contribution < -0.4 is 0 Å². The molecule has 0 bridgehead atoms. The van der Waals surface area contributed by atoms with Gasteiger partial charge in [-0.15, -0.1) is 0 Å². The summed E-state index contributed by atoms with van der Waals surface area (Å²) in [6, 6.07) is 15.1. The van der Waals surface area contributed by atoms with Crippen LogP contribution in [0.5, 0.6) is 11.5 Å². The van der Waals surface area contributed by atoms with Gasteiger partial charge in [0.1, 0.15) is 11.5 Å². The van der Waals surface area contributed by atoms with Crippen molar-refractivity contribution in [3.8, 4) is 34.0 Å². The van der Waals surface area contributed by atoms with E-state index in [4.69, 9.17) is 5.10 Å². The van der Waals surface area contributed by atoms with Crippen LogP contribution in [0.1, 0.15) is 37.8 Å². The Morgan fingerprint density at radius 3 is 1.96 bits per heavy atom. The molecule has 3 aromatic rings. The van der Waals surface area contributed by atoms with Crippen LogP contribution in [-0.4, -0.2) is 20.0 Å². The lowest BCUT2D eigenvalue weighted by atomic mass is 9.92. The van der Waals surface area contributed by atoms with Gasteiger partial charge in [0.2, 0.25) is 0 Å². The van der Waals surface area contributed by atoms with E-state index in [9.17, 15) is 10.2 Å². The number of aromatic hydroxyl groups is 2. The first-order valence-corrected chi connectivity index (χ1v) is 8.87. The first kappa shape index (κ1) is 15.8. The minimum atomic E-state index is 0.263. The lowest BCUT2D eigenvalue weighted by molar-refractivity contribution is 0.292. The third-order valence-electron chi connectivity index (χ3n) is 5.06. The summed E-state index contributed by atoms with van der Waals surface area (Å²) in [7, 11) is 0. The van der Waals surface area contributed by atoms with Crippen molar-refractivity contribution in [2.24, 2.45) is 0 Å². The maximum absolute atomic E-state index is 9.63. The van der Waals surface area contributed by atoms with E-state index < -0.39 is 0 Å². The molecular weight excluding hydrogens is 312 g/mol. The van der Waals surface area contributed by atoms with E-state index in [0.717, 1.165) is 41.8 Å². The third kappa shape index (κ3) is 2.78. The van der Waals surface area contributed by atoms with Crippen molar-refractivity contribution in [1.29, 1.82) is 0 Å². The molecule has 1 heterocycles. The molecule has 25 heavy (non-hydrogen) atoms. The van der Waals surface area contributed by atoms with E-state index in [1.807, 2.05) is 24.3 Å². The second kappa shape index (κ2) is 6.28. The molecular formula is C21H22N2O2. The highest BCUT2D eigenvalue weighted by molar-refractivity contribution is 5.75. The minimum absolute atomic E-state index is 0.263. The van der Waals surface area contributed by atoms with Crippen LogP contribution in [0.2, 0.25) is 0 Å². The number of phenols is 2. The molecule has 0 saturated heterocycles. The summed E-state index contributed by atoms with van der Waals surface area (Å²) >= 11 is 0. The number of phenolic OH excluding ortho intramolecular Hbond substituents is 2. The van der Waals surface area contributed by atoms with Gasteiger partial charge in [0.05, 0.1) is 17.4 Å². The van der Waals surface area contributed by atoms with Crippen molar-refractivity contribution >= 4 is 0 Å². The van der Waals surface area contributed by atoms with Gasteiger partial charge in [-0.25, -0.2) is 0 Å². The maximum Gasteiger partial charge on any atom is 0.115 e. The number of hydrogen-bond donors (Lipinski definition) is 2. The molecule has 4 nitrogen and oxygen atoms in total. The van der Waals surface area contributed by atoms with Crippen LogP contribution in [0.3, 0.4) is 0 Å². The van der Waals surface area contributed by atoms with Gasteiger partial charge in [0.25, 0.3) is 0 Å². The molecule has 1 aliphatic carbocycles. The standard InChI is InChI=1S/C21H22N2O2/c1-2-19-20(14-6-10-17(24)11-7-14)22-23(16-4-3-5-16)21(19)15-8-12-18(25)13-9-15/h6-13,16,24-25H,2-5H2,1H3. The van der Waals surface area contributed by atoms with Gasteiger partial charge in [-0.1, -0.05) is 6.92 Å². The number of hydrogen-bond acceptors (Lipinski definition) is 3. The Balaban J connectivity index is 1.91. The Morgan fingerprint density at radius 2 is 1.48 bits per heavy atom. The second-order valence-electron chi connectivity index (χ2n) is 6.65. The zero-order valence-electron chi connectivity index (χ0n) is 14.3. The monoisotopic (exact) mass is 334 g/mol. The van der Waals surface area contributed by atoms with Crippen LogP contribution in [0.4, 0.5) is 0 Å². The third-order valence-corrected chi connectivity index (χ3v) is 5.06. The molecule has 2 aromatic carbocycles. The molecule has 0 amide bonds. The molecule has 1 aliphatic rings. The zero-order valence-corrected chi connectivity index (χ0v) is 14.3. The van der Waals surface area contributed by atoms with Gasteiger partial charge < -0.3 is 10.2 Å². The van der Waals surface area contributed by atoms with Crippen LogP contribution in [-0.2, 0) is 6.42 Å². The molecule has 1 saturated carbocycles. The smallest absolute Gasteiger partial charge is 0.115 e. The maximum atomic E-state index is 9.63.